The Morgan fingerprint density at radius 3 is 2.46 bits per heavy atom. The van der Waals surface area contributed by atoms with Gasteiger partial charge in [0, 0.05) is 26.2 Å². The van der Waals surface area contributed by atoms with E-state index in [1.54, 1.807) is 0 Å². The van der Waals surface area contributed by atoms with Gasteiger partial charge in [0.2, 0.25) is 0 Å². The number of likely N-dealkylation sites (tertiary alicyclic amines) is 1. The van der Waals surface area contributed by atoms with Crippen molar-refractivity contribution < 1.29 is 4.74 Å². The third kappa shape index (κ3) is 2.23. The van der Waals surface area contributed by atoms with Gasteiger partial charge in [-0.3, -0.25) is 4.90 Å². The maximum absolute atomic E-state index is 5.39. The summed E-state index contributed by atoms with van der Waals surface area (Å²) < 4.78 is 5.39. The lowest BCUT2D eigenvalue weighted by atomic mass is 9.94. The fourth-order valence-electron chi connectivity index (χ4n) is 2.72. The highest BCUT2D eigenvalue weighted by Crippen LogP contribution is 2.26. The van der Waals surface area contributed by atoms with Gasteiger partial charge < -0.3 is 4.74 Å². The van der Waals surface area contributed by atoms with E-state index in [1.807, 2.05) is 7.11 Å². The average molecular weight is 183 g/mol. The summed E-state index contributed by atoms with van der Waals surface area (Å²) in [5, 5.41) is 0. The molecular weight excluding hydrogens is 162 g/mol. The first kappa shape index (κ1) is 9.47. The van der Waals surface area contributed by atoms with Gasteiger partial charge >= 0.3 is 0 Å². The first-order chi connectivity index (χ1) is 6.40. The van der Waals surface area contributed by atoms with Crippen LogP contribution in [0.15, 0.2) is 0 Å². The highest BCUT2D eigenvalue weighted by Gasteiger charge is 2.28. The van der Waals surface area contributed by atoms with Gasteiger partial charge in [0.15, 0.2) is 0 Å². The molecule has 0 spiro atoms. The lowest BCUT2D eigenvalue weighted by molar-refractivity contribution is 0.0954. The van der Waals surface area contributed by atoms with E-state index in [0.29, 0.717) is 6.10 Å². The SMILES string of the molecule is CO[C@@H]1CCN(C2CCCCC2)C1. The Hall–Kier alpha value is -0.0800. The Morgan fingerprint density at radius 1 is 1.08 bits per heavy atom. The maximum Gasteiger partial charge on any atom is 0.0710 e. The molecule has 0 N–H and O–H groups in total. The minimum atomic E-state index is 0.516. The third-order valence-corrected chi connectivity index (χ3v) is 3.60. The summed E-state index contributed by atoms with van der Waals surface area (Å²) in [7, 11) is 1.84. The molecule has 2 nitrogen and oxygen atoms in total. The first-order valence-corrected chi connectivity index (χ1v) is 5.67. The van der Waals surface area contributed by atoms with Crippen LogP contribution < -0.4 is 0 Å². The molecule has 0 aromatic carbocycles. The fourth-order valence-corrected chi connectivity index (χ4v) is 2.72. The van der Waals surface area contributed by atoms with Crippen LogP contribution in [0.4, 0.5) is 0 Å². The summed E-state index contributed by atoms with van der Waals surface area (Å²) in [5.74, 6) is 0. The predicted octanol–water partition coefficient (Wildman–Crippen LogP) is 2.04. The van der Waals surface area contributed by atoms with E-state index >= 15 is 0 Å². The smallest absolute Gasteiger partial charge is 0.0710 e. The van der Waals surface area contributed by atoms with Gasteiger partial charge in [0.05, 0.1) is 6.10 Å². The number of hydrogen-bond acceptors (Lipinski definition) is 2. The lowest BCUT2D eigenvalue weighted by Crippen LogP contribution is -2.35. The molecular formula is C11H21NO. The number of methoxy groups -OCH3 is 1. The molecule has 76 valence electrons. The monoisotopic (exact) mass is 183 g/mol. The molecule has 13 heavy (non-hydrogen) atoms. The van der Waals surface area contributed by atoms with Crippen molar-refractivity contribution >= 4 is 0 Å². The molecule has 2 rings (SSSR count). The van der Waals surface area contributed by atoms with Crippen LogP contribution in [0.25, 0.3) is 0 Å². The zero-order valence-electron chi connectivity index (χ0n) is 8.67. The summed E-state index contributed by atoms with van der Waals surface area (Å²) in [6.45, 7) is 2.45. The topological polar surface area (TPSA) is 12.5 Å². The van der Waals surface area contributed by atoms with Crippen LogP contribution in [-0.2, 0) is 4.74 Å². The van der Waals surface area contributed by atoms with E-state index in [9.17, 15) is 0 Å². The second kappa shape index (κ2) is 4.43. The van der Waals surface area contributed by atoms with Crippen LogP contribution in [0.2, 0.25) is 0 Å². The molecule has 2 fully saturated rings. The standard InChI is InChI=1S/C11H21NO/c1-13-11-7-8-12(9-11)10-5-3-2-4-6-10/h10-11H,2-9H2,1H3/t11-/m1/s1. The molecule has 0 aromatic heterocycles. The molecule has 1 aliphatic heterocycles. The predicted molar refractivity (Wildman–Crippen MR) is 53.9 cm³/mol. The molecule has 0 aromatic rings. The van der Waals surface area contributed by atoms with E-state index in [-0.39, 0.29) is 0 Å². The summed E-state index contributed by atoms with van der Waals surface area (Å²) in [6.07, 6.45) is 8.96. The summed E-state index contributed by atoms with van der Waals surface area (Å²) in [4.78, 5) is 2.65. The first-order valence-electron chi connectivity index (χ1n) is 5.67. The van der Waals surface area contributed by atoms with Gasteiger partial charge in [-0.05, 0) is 19.3 Å². The molecule has 0 bridgehead atoms. The quantitative estimate of drug-likeness (QED) is 0.649. The van der Waals surface area contributed by atoms with Crippen LogP contribution in [-0.4, -0.2) is 37.2 Å². The zero-order chi connectivity index (χ0) is 9.10. The van der Waals surface area contributed by atoms with E-state index < -0.39 is 0 Å². The average Bonchev–Trinajstić information content (AvgIpc) is 2.67. The summed E-state index contributed by atoms with van der Waals surface area (Å²) in [5.41, 5.74) is 0. The molecule has 1 aliphatic carbocycles. The highest BCUT2D eigenvalue weighted by molar-refractivity contribution is 4.83. The van der Waals surface area contributed by atoms with Gasteiger partial charge in [0.25, 0.3) is 0 Å². The van der Waals surface area contributed by atoms with Crippen molar-refractivity contribution in [2.24, 2.45) is 0 Å². The Morgan fingerprint density at radius 2 is 1.85 bits per heavy atom. The van der Waals surface area contributed by atoms with Crippen molar-refractivity contribution in [1.82, 2.24) is 4.90 Å². The van der Waals surface area contributed by atoms with E-state index in [2.05, 4.69) is 4.90 Å². The number of nitrogens with zero attached hydrogens (tertiary/aromatic N) is 1. The maximum atomic E-state index is 5.39. The number of hydrogen-bond donors (Lipinski definition) is 0. The van der Waals surface area contributed by atoms with Crippen molar-refractivity contribution in [3.63, 3.8) is 0 Å². The normalized spacial score (nSPS) is 32.5. The molecule has 1 heterocycles. The Balaban J connectivity index is 1.80. The molecule has 2 aliphatic rings. The Labute approximate surface area is 81.3 Å². The van der Waals surface area contributed by atoms with Gasteiger partial charge in [-0.15, -0.1) is 0 Å². The van der Waals surface area contributed by atoms with Crippen molar-refractivity contribution in [2.75, 3.05) is 20.2 Å². The molecule has 2 heteroatoms. The molecule has 0 radical (unpaired) electrons. The molecule has 1 atom stereocenters. The van der Waals surface area contributed by atoms with Crippen molar-refractivity contribution in [3.8, 4) is 0 Å². The molecule has 0 amide bonds. The molecule has 0 unspecified atom stereocenters. The minimum absolute atomic E-state index is 0.516. The zero-order valence-corrected chi connectivity index (χ0v) is 8.67. The van der Waals surface area contributed by atoms with Crippen LogP contribution in [0, 0.1) is 0 Å². The third-order valence-electron chi connectivity index (χ3n) is 3.60. The lowest BCUT2D eigenvalue weighted by Gasteiger charge is -2.30. The second-order valence-corrected chi connectivity index (χ2v) is 4.43. The van der Waals surface area contributed by atoms with Gasteiger partial charge in [0.1, 0.15) is 0 Å². The fraction of sp³-hybridized carbons (Fsp3) is 1.00. The summed E-state index contributed by atoms with van der Waals surface area (Å²) >= 11 is 0. The van der Waals surface area contributed by atoms with Crippen LogP contribution in [0.5, 0.6) is 0 Å². The Kier molecular flexibility index (Phi) is 3.23. The van der Waals surface area contributed by atoms with Gasteiger partial charge in [-0.25, -0.2) is 0 Å². The second-order valence-electron chi connectivity index (χ2n) is 4.43. The van der Waals surface area contributed by atoms with Gasteiger partial charge in [-0.1, -0.05) is 19.3 Å². The largest absolute Gasteiger partial charge is 0.380 e. The van der Waals surface area contributed by atoms with Crippen molar-refractivity contribution in [1.29, 1.82) is 0 Å². The van der Waals surface area contributed by atoms with Crippen LogP contribution in [0.1, 0.15) is 38.5 Å². The minimum Gasteiger partial charge on any atom is -0.380 e. The molecule has 1 saturated heterocycles. The van der Waals surface area contributed by atoms with Crippen molar-refractivity contribution in [2.45, 2.75) is 50.7 Å². The van der Waals surface area contributed by atoms with E-state index in [4.69, 9.17) is 4.74 Å². The van der Waals surface area contributed by atoms with Crippen molar-refractivity contribution in [3.05, 3.63) is 0 Å². The summed E-state index contributed by atoms with van der Waals surface area (Å²) in [6, 6.07) is 0.883. The van der Waals surface area contributed by atoms with E-state index in [0.717, 1.165) is 6.04 Å². The van der Waals surface area contributed by atoms with E-state index in [1.165, 1.54) is 51.6 Å². The number of rotatable bonds is 2. The Bertz CT molecular complexity index is 154. The number of ether oxygens (including phenoxy) is 1. The van der Waals surface area contributed by atoms with Crippen LogP contribution in [0.3, 0.4) is 0 Å². The van der Waals surface area contributed by atoms with Gasteiger partial charge in [-0.2, -0.15) is 0 Å². The van der Waals surface area contributed by atoms with Crippen LogP contribution >= 0.6 is 0 Å². The highest BCUT2D eigenvalue weighted by atomic mass is 16.5. The molecule has 1 saturated carbocycles.